The molecule has 0 saturated heterocycles. The number of hydrogen-bond acceptors (Lipinski definition) is 7. The van der Waals surface area contributed by atoms with Gasteiger partial charge in [0.15, 0.2) is 23.0 Å². The van der Waals surface area contributed by atoms with Gasteiger partial charge in [0, 0.05) is 28.1 Å². The Balaban J connectivity index is 1.65. The van der Waals surface area contributed by atoms with Crippen molar-refractivity contribution in [2.24, 2.45) is 5.10 Å². The van der Waals surface area contributed by atoms with Crippen molar-refractivity contribution in [1.82, 2.24) is 5.01 Å². The minimum Gasteiger partial charge on any atom is -0.507 e. The van der Waals surface area contributed by atoms with Gasteiger partial charge in [-0.15, -0.1) is 0 Å². The molecule has 2 atom stereocenters. The van der Waals surface area contributed by atoms with E-state index in [0.29, 0.717) is 40.0 Å². The number of halogens is 1. The van der Waals surface area contributed by atoms with Crippen LogP contribution in [0, 0.1) is 0 Å². The number of rotatable bonds is 4. The Bertz CT molecular complexity index is 1230. The minimum atomic E-state index is -0.600. The molecule has 2 unspecified atom stereocenters. The average molecular weight is 453 g/mol. The first-order valence-corrected chi connectivity index (χ1v) is 10.4. The van der Waals surface area contributed by atoms with Crippen molar-refractivity contribution >= 4 is 17.3 Å². The monoisotopic (exact) mass is 452 g/mol. The van der Waals surface area contributed by atoms with Gasteiger partial charge in [0.25, 0.3) is 0 Å². The summed E-state index contributed by atoms with van der Waals surface area (Å²) in [6.45, 7) is 0. The number of fused-ring (bicyclic) bond motifs is 3. The van der Waals surface area contributed by atoms with Gasteiger partial charge in [-0.05, 0) is 42.5 Å². The summed E-state index contributed by atoms with van der Waals surface area (Å²) >= 11 is 6.18. The van der Waals surface area contributed by atoms with Crippen LogP contribution in [0.3, 0.4) is 0 Å². The summed E-state index contributed by atoms with van der Waals surface area (Å²) < 4.78 is 17.2. The molecule has 3 aromatic carbocycles. The van der Waals surface area contributed by atoms with Gasteiger partial charge >= 0.3 is 0 Å². The molecular formula is C24H21ClN2O5. The van der Waals surface area contributed by atoms with Crippen LogP contribution in [0.25, 0.3) is 0 Å². The third-order valence-electron chi connectivity index (χ3n) is 5.76. The predicted octanol–water partition coefficient (Wildman–Crippen LogP) is 5.01. The van der Waals surface area contributed by atoms with Crippen molar-refractivity contribution in [2.75, 3.05) is 14.2 Å². The largest absolute Gasteiger partial charge is 0.507 e. The van der Waals surface area contributed by atoms with Crippen LogP contribution in [0.1, 0.15) is 35.4 Å². The summed E-state index contributed by atoms with van der Waals surface area (Å²) in [7, 11) is 3.10. The first-order chi connectivity index (χ1) is 15.5. The van der Waals surface area contributed by atoms with E-state index in [4.69, 9.17) is 30.9 Å². The van der Waals surface area contributed by atoms with E-state index in [1.54, 1.807) is 43.5 Å². The van der Waals surface area contributed by atoms with E-state index in [9.17, 15) is 10.2 Å². The summed E-state index contributed by atoms with van der Waals surface area (Å²) in [5.41, 5.74) is 2.97. The van der Waals surface area contributed by atoms with E-state index in [0.717, 1.165) is 11.1 Å². The molecule has 164 valence electrons. The molecular weight excluding hydrogens is 432 g/mol. The molecule has 0 spiro atoms. The van der Waals surface area contributed by atoms with Crippen LogP contribution >= 0.6 is 11.6 Å². The molecule has 32 heavy (non-hydrogen) atoms. The normalized spacial score (nSPS) is 19.0. The summed E-state index contributed by atoms with van der Waals surface area (Å²) in [6, 6.07) is 15.6. The maximum absolute atomic E-state index is 10.4. The van der Waals surface area contributed by atoms with E-state index in [1.807, 2.05) is 23.2 Å². The number of benzene rings is 3. The van der Waals surface area contributed by atoms with Crippen molar-refractivity contribution in [3.8, 4) is 28.7 Å². The number of methoxy groups -OCH3 is 2. The van der Waals surface area contributed by atoms with Gasteiger partial charge < -0.3 is 24.4 Å². The van der Waals surface area contributed by atoms with Gasteiger partial charge in [0.05, 0.1) is 26.0 Å². The van der Waals surface area contributed by atoms with Crippen LogP contribution in [-0.2, 0) is 0 Å². The van der Waals surface area contributed by atoms with Crippen LogP contribution in [0.15, 0.2) is 59.7 Å². The van der Waals surface area contributed by atoms with Crippen LogP contribution < -0.4 is 14.2 Å². The molecule has 0 radical (unpaired) electrons. The lowest BCUT2D eigenvalue weighted by Gasteiger charge is -2.38. The zero-order valence-electron chi connectivity index (χ0n) is 17.4. The standard InChI is InChI=1S/C24H21ClN2O5/c1-30-21-5-3-4-15-18-12-17(16-11-14(25)7-9-19(16)28)26-27(18)24(32-23(15)21)13-6-8-20(29)22(10-13)31-2/h3-11,18,24,28-29H,12H2,1-2H3. The zero-order chi connectivity index (χ0) is 22.4. The van der Waals surface area contributed by atoms with Gasteiger partial charge in [0.1, 0.15) is 5.75 Å². The van der Waals surface area contributed by atoms with Crippen molar-refractivity contribution in [3.63, 3.8) is 0 Å². The van der Waals surface area contributed by atoms with Crippen molar-refractivity contribution in [3.05, 3.63) is 76.3 Å². The summed E-state index contributed by atoms with van der Waals surface area (Å²) in [6.07, 6.45) is -0.0551. The second kappa shape index (κ2) is 7.84. The number of phenols is 2. The van der Waals surface area contributed by atoms with Crippen molar-refractivity contribution in [1.29, 1.82) is 0 Å². The molecule has 0 aliphatic carbocycles. The highest BCUT2D eigenvalue weighted by atomic mass is 35.5. The lowest BCUT2D eigenvalue weighted by atomic mass is 9.95. The number of ether oxygens (including phenoxy) is 3. The first kappa shape index (κ1) is 20.3. The Labute approximate surface area is 190 Å². The number of phenolic OH excluding ortho intramolecular Hbond substituents is 2. The summed E-state index contributed by atoms with van der Waals surface area (Å²) in [4.78, 5) is 0. The van der Waals surface area contributed by atoms with E-state index in [2.05, 4.69) is 0 Å². The molecule has 0 aromatic heterocycles. The van der Waals surface area contributed by atoms with Crippen molar-refractivity contribution in [2.45, 2.75) is 18.7 Å². The molecule has 8 heteroatoms. The number of para-hydroxylation sites is 1. The van der Waals surface area contributed by atoms with Crippen molar-refractivity contribution < 1.29 is 24.4 Å². The van der Waals surface area contributed by atoms with Crippen LogP contribution in [0.4, 0.5) is 0 Å². The lowest BCUT2D eigenvalue weighted by molar-refractivity contribution is -0.0210. The third kappa shape index (κ3) is 3.26. The highest BCUT2D eigenvalue weighted by Crippen LogP contribution is 2.51. The fourth-order valence-electron chi connectivity index (χ4n) is 4.21. The minimum absolute atomic E-state index is 0.0380. The van der Waals surface area contributed by atoms with Crippen LogP contribution in [0.2, 0.25) is 5.02 Å². The number of nitrogens with zero attached hydrogens (tertiary/aromatic N) is 2. The SMILES string of the molecule is COc1cc(C2Oc3c(OC)cccc3C3CC(c4cc(Cl)ccc4O)=NN32)ccc1O. The van der Waals surface area contributed by atoms with Gasteiger partial charge in [0.2, 0.25) is 6.23 Å². The second-order valence-electron chi connectivity index (χ2n) is 7.59. The molecule has 2 N–H and O–H groups in total. The van der Waals surface area contributed by atoms with E-state index >= 15 is 0 Å². The Morgan fingerprint density at radius 3 is 2.56 bits per heavy atom. The quantitative estimate of drug-likeness (QED) is 0.579. The average Bonchev–Trinajstić information content (AvgIpc) is 3.25. The molecule has 7 nitrogen and oxygen atoms in total. The molecule has 3 aromatic rings. The predicted molar refractivity (Wildman–Crippen MR) is 120 cm³/mol. The number of hydrazone groups is 1. The molecule has 0 fully saturated rings. The lowest BCUT2D eigenvalue weighted by Crippen LogP contribution is -2.33. The fourth-order valence-corrected chi connectivity index (χ4v) is 4.39. The Morgan fingerprint density at radius 2 is 1.78 bits per heavy atom. The number of hydrogen-bond donors (Lipinski definition) is 2. The molecule has 5 rings (SSSR count). The Morgan fingerprint density at radius 1 is 1.00 bits per heavy atom. The Hall–Kier alpha value is -3.58. The van der Waals surface area contributed by atoms with E-state index in [-0.39, 0.29) is 17.5 Å². The third-order valence-corrected chi connectivity index (χ3v) is 5.99. The van der Waals surface area contributed by atoms with E-state index < -0.39 is 6.23 Å². The van der Waals surface area contributed by atoms with Gasteiger partial charge in [-0.25, -0.2) is 5.01 Å². The second-order valence-corrected chi connectivity index (χ2v) is 8.02. The molecule has 2 aliphatic heterocycles. The van der Waals surface area contributed by atoms with E-state index in [1.165, 1.54) is 7.11 Å². The fraction of sp³-hybridized carbons (Fsp3) is 0.208. The molecule has 0 bridgehead atoms. The first-order valence-electron chi connectivity index (χ1n) is 10.1. The molecule has 0 amide bonds. The zero-order valence-corrected chi connectivity index (χ0v) is 18.2. The molecule has 0 saturated carbocycles. The summed E-state index contributed by atoms with van der Waals surface area (Å²) in [5.74, 6) is 1.75. The van der Waals surface area contributed by atoms with Gasteiger partial charge in [-0.1, -0.05) is 23.7 Å². The number of aromatic hydroxyl groups is 2. The highest BCUT2D eigenvalue weighted by Gasteiger charge is 2.42. The van der Waals surface area contributed by atoms with Crippen LogP contribution in [-0.4, -0.2) is 35.2 Å². The van der Waals surface area contributed by atoms with Gasteiger partial charge in [-0.3, -0.25) is 0 Å². The highest BCUT2D eigenvalue weighted by molar-refractivity contribution is 6.31. The maximum atomic E-state index is 10.4. The molecule has 2 aliphatic rings. The van der Waals surface area contributed by atoms with Crippen LogP contribution in [0.5, 0.6) is 28.7 Å². The molecule has 2 heterocycles. The Kier molecular flexibility index (Phi) is 4.98. The summed E-state index contributed by atoms with van der Waals surface area (Å²) in [5, 5.41) is 27.7. The smallest absolute Gasteiger partial charge is 0.214 e. The topological polar surface area (TPSA) is 83.8 Å². The van der Waals surface area contributed by atoms with Gasteiger partial charge in [-0.2, -0.15) is 5.10 Å². The maximum Gasteiger partial charge on any atom is 0.214 e.